The molecule has 0 saturated heterocycles. The molecule has 1 heterocycles. The second kappa shape index (κ2) is 4.65. The number of alkyl halides is 1. The Labute approximate surface area is 81.5 Å². The Bertz CT molecular complexity index is 232. The molecule has 0 bridgehead atoms. The van der Waals surface area contributed by atoms with E-state index in [0.29, 0.717) is 0 Å². The fourth-order valence-electron chi connectivity index (χ4n) is 1.03. The molecule has 68 valence electrons. The third-order valence-electron chi connectivity index (χ3n) is 1.80. The van der Waals surface area contributed by atoms with Crippen molar-refractivity contribution in [3.8, 4) is 0 Å². The van der Waals surface area contributed by atoms with E-state index >= 15 is 0 Å². The van der Waals surface area contributed by atoms with E-state index in [1.54, 1.807) is 0 Å². The van der Waals surface area contributed by atoms with Crippen molar-refractivity contribution in [2.24, 2.45) is 5.92 Å². The third-order valence-corrected chi connectivity index (χ3v) is 2.33. The zero-order valence-electron chi connectivity index (χ0n) is 7.51. The van der Waals surface area contributed by atoms with Gasteiger partial charge in [-0.3, -0.25) is 0 Å². The van der Waals surface area contributed by atoms with E-state index in [4.69, 9.17) is 4.42 Å². The van der Waals surface area contributed by atoms with E-state index < -0.39 is 0 Å². The summed E-state index contributed by atoms with van der Waals surface area (Å²) < 4.78 is 5.26. The van der Waals surface area contributed by atoms with Crippen LogP contribution in [0.15, 0.2) is 10.8 Å². The Morgan fingerprint density at radius 3 is 2.92 bits per heavy atom. The number of hydrogen-bond donors (Lipinski definition) is 0. The SMILES string of the molecule is CC(C)CCc1ocnc1CBr. The van der Waals surface area contributed by atoms with Crippen LogP contribution in [0.25, 0.3) is 0 Å². The maximum Gasteiger partial charge on any atom is 0.181 e. The van der Waals surface area contributed by atoms with Gasteiger partial charge >= 0.3 is 0 Å². The fourth-order valence-corrected chi connectivity index (χ4v) is 1.48. The van der Waals surface area contributed by atoms with Crippen molar-refractivity contribution in [2.45, 2.75) is 32.0 Å². The van der Waals surface area contributed by atoms with Gasteiger partial charge in [-0.15, -0.1) is 0 Å². The minimum absolute atomic E-state index is 0.721. The summed E-state index contributed by atoms with van der Waals surface area (Å²) in [5.41, 5.74) is 1.04. The largest absolute Gasteiger partial charge is 0.448 e. The van der Waals surface area contributed by atoms with E-state index in [-0.39, 0.29) is 0 Å². The zero-order chi connectivity index (χ0) is 8.97. The second-order valence-corrected chi connectivity index (χ2v) is 3.85. The second-order valence-electron chi connectivity index (χ2n) is 3.29. The summed E-state index contributed by atoms with van der Waals surface area (Å²) in [5, 5.41) is 0.789. The molecule has 0 atom stereocenters. The van der Waals surface area contributed by atoms with Crippen molar-refractivity contribution < 1.29 is 4.42 Å². The fraction of sp³-hybridized carbons (Fsp3) is 0.667. The van der Waals surface area contributed by atoms with E-state index in [2.05, 4.69) is 34.8 Å². The number of aryl methyl sites for hydroxylation is 1. The van der Waals surface area contributed by atoms with E-state index in [1.165, 1.54) is 6.39 Å². The zero-order valence-corrected chi connectivity index (χ0v) is 9.10. The molecule has 0 radical (unpaired) electrons. The van der Waals surface area contributed by atoms with Gasteiger partial charge in [0.2, 0.25) is 0 Å². The molecule has 1 rings (SSSR count). The molecule has 0 aliphatic heterocycles. The van der Waals surface area contributed by atoms with Crippen LogP contribution in [0.2, 0.25) is 0 Å². The molecule has 0 aliphatic rings. The first-order valence-corrected chi connectivity index (χ1v) is 5.33. The number of nitrogens with zero attached hydrogens (tertiary/aromatic N) is 1. The van der Waals surface area contributed by atoms with Crippen LogP contribution >= 0.6 is 15.9 Å². The van der Waals surface area contributed by atoms with Gasteiger partial charge < -0.3 is 4.42 Å². The molecule has 1 aromatic heterocycles. The van der Waals surface area contributed by atoms with Crippen LogP contribution in [-0.2, 0) is 11.8 Å². The summed E-state index contributed by atoms with van der Waals surface area (Å²) in [6.07, 6.45) is 3.68. The van der Waals surface area contributed by atoms with Gasteiger partial charge in [0.1, 0.15) is 5.76 Å². The predicted octanol–water partition coefficient (Wildman–Crippen LogP) is 3.16. The molecule has 0 spiro atoms. The molecule has 0 saturated carbocycles. The molecule has 12 heavy (non-hydrogen) atoms. The number of halogens is 1. The highest BCUT2D eigenvalue weighted by molar-refractivity contribution is 9.08. The highest BCUT2D eigenvalue weighted by atomic mass is 79.9. The molecule has 2 nitrogen and oxygen atoms in total. The van der Waals surface area contributed by atoms with Crippen LogP contribution in [0.3, 0.4) is 0 Å². The molecule has 3 heteroatoms. The molecular formula is C9H14BrNO. The van der Waals surface area contributed by atoms with Crippen molar-refractivity contribution >= 4 is 15.9 Å². The normalized spacial score (nSPS) is 11.0. The third kappa shape index (κ3) is 2.63. The smallest absolute Gasteiger partial charge is 0.181 e. The molecule has 0 aliphatic carbocycles. The van der Waals surface area contributed by atoms with Crippen LogP contribution in [0.1, 0.15) is 31.7 Å². The first-order chi connectivity index (χ1) is 5.74. The van der Waals surface area contributed by atoms with Crippen molar-refractivity contribution in [1.82, 2.24) is 4.98 Å². The van der Waals surface area contributed by atoms with E-state index in [9.17, 15) is 0 Å². The average molecular weight is 232 g/mol. The van der Waals surface area contributed by atoms with Crippen LogP contribution in [0.4, 0.5) is 0 Å². The topological polar surface area (TPSA) is 26.0 Å². The molecule has 0 fully saturated rings. The number of aromatic nitrogens is 1. The Morgan fingerprint density at radius 1 is 1.58 bits per heavy atom. The lowest BCUT2D eigenvalue weighted by atomic mass is 10.1. The first kappa shape index (κ1) is 9.78. The molecule has 0 aromatic carbocycles. The summed E-state index contributed by atoms with van der Waals surface area (Å²) >= 11 is 3.37. The van der Waals surface area contributed by atoms with Gasteiger partial charge in [-0.05, 0) is 12.3 Å². The maximum absolute atomic E-state index is 5.26. The maximum atomic E-state index is 5.26. The van der Waals surface area contributed by atoms with Gasteiger partial charge in [-0.2, -0.15) is 0 Å². The van der Waals surface area contributed by atoms with Crippen molar-refractivity contribution in [3.63, 3.8) is 0 Å². The van der Waals surface area contributed by atoms with Crippen LogP contribution < -0.4 is 0 Å². The summed E-state index contributed by atoms with van der Waals surface area (Å²) in [5.74, 6) is 1.75. The molecule has 1 aromatic rings. The average Bonchev–Trinajstić information content (AvgIpc) is 2.47. The Kier molecular flexibility index (Phi) is 3.79. The van der Waals surface area contributed by atoms with E-state index in [0.717, 1.165) is 35.5 Å². The summed E-state index contributed by atoms with van der Waals surface area (Å²) in [7, 11) is 0. The molecule has 0 N–H and O–H groups in total. The highest BCUT2D eigenvalue weighted by Crippen LogP contribution is 2.14. The molecular weight excluding hydrogens is 218 g/mol. The van der Waals surface area contributed by atoms with Crippen molar-refractivity contribution in [1.29, 1.82) is 0 Å². The van der Waals surface area contributed by atoms with Gasteiger partial charge in [0.15, 0.2) is 6.39 Å². The van der Waals surface area contributed by atoms with Gasteiger partial charge in [0.05, 0.1) is 5.69 Å². The lowest BCUT2D eigenvalue weighted by Crippen LogP contribution is -1.93. The Hall–Kier alpha value is -0.310. The first-order valence-electron chi connectivity index (χ1n) is 4.21. The number of oxazole rings is 1. The summed E-state index contributed by atoms with van der Waals surface area (Å²) in [6, 6.07) is 0. The lowest BCUT2D eigenvalue weighted by molar-refractivity contribution is 0.470. The minimum Gasteiger partial charge on any atom is -0.448 e. The van der Waals surface area contributed by atoms with Crippen LogP contribution in [0, 0.1) is 5.92 Å². The quantitative estimate of drug-likeness (QED) is 0.745. The van der Waals surface area contributed by atoms with Gasteiger partial charge in [-0.25, -0.2) is 4.98 Å². The van der Waals surface area contributed by atoms with Crippen molar-refractivity contribution in [3.05, 3.63) is 17.8 Å². The van der Waals surface area contributed by atoms with E-state index in [1.807, 2.05) is 0 Å². The van der Waals surface area contributed by atoms with Gasteiger partial charge in [-0.1, -0.05) is 29.8 Å². The highest BCUT2D eigenvalue weighted by Gasteiger charge is 2.06. The minimum atomic E-state index is 0.721. The molecule has 0 amide bonds. The van der Waals surface area contributed by atoms with Crippen LogP contribution in [0.5, 0.6) is 0 Å². The summed E-state index contributed by atoms with van der Waals surface area (Å²) in [4.78, 5) is 4.10. The lowest BCUT2D eigenvalue weighted by Gasteiger charge is -2.01. The standard InChI is InChI=1S/C9H14BrNO/c1-7(2)3-4-9-8(5-10)11-6-12-9/h6-7H,3-5H2,1-2H3. The van der Waals surface area contributed by atoms with Crippen LogP contribution in [-0.4, -0.2) is 4.98 Å². The summed E-state index contributed by atoms with van der Waals surface area (Å²) in [6.45, 7) is 4.42. The Balaban J connectivity index is 2.50. The van der Waals surface area contributed by atoms with Crippen molar-refractivity contribution in [2.75, 3.05) is 0 Å². The Morgan fingerprint density at radius 2 is 2.33 bits per heavy atom. The molecule has 0 unspecified atom stereocenters. The number of rotatable bonds is 4. The van der Waals surface area contributed by atoms with Gasteiger partial charge in [0.25, 0.3) is 0 Å². The predicted molar refractivity (Wildman–Crippen MR) is 52.3 cm³/mol. The monoisotopic (exact) mass is 231 g/mol. The number of hydrogen-bond acceptors (Lipinski definition) is 2. The van der Waals surface area contributed by atoms with Gasteiger partial charge in [0, 0.05) is 11.8 Å².